The third-order valence-electron chi connectivity index (χ3n) is 5.01. The van der Waals surface area contributed by atoms with Crippen LogP contribution in [0, 0.1) is 0 Å². The number of likely N-dealkylation sites (tertiary alicyclic amines) is 1. The predicted octanol–water partition coefficient (Wildman–Crippen LogP) is 1.50. The maximum absolute atomic E-state index is 13.1. The number of methoxy groups -OCH3 is 1. The van der Waals surface area contributed by atoms with Crippen LogP contribution in [-0.2, 0) is 0 Å². The second-order valence-corrected chi connectivity index (χ2v) is 6.69. The number of ether oxygens (including phenoxy) is 1. The summed E-state index contributed by atoms with van der Waals surface area (Å²) in [6.45, 7) is 0.874. The van der Waals surface area contributed by atoms with E-state index in [0.717, 1.165) is 11.3 Å². The van der Waals surface area contributed by atoms with E-state index in [4.69, 9.17) is 10.5 Å². The average molecular weight is 364 g/mol. The highest BCUT2D eigenvalue weighted by Crippen LogP contribution is 2.30. The quantitative estimate of drug-likeness (QED) is 0.733. The van der Waals surface area contributed by atoms with E-state index in [1.807, 2.05) is 30.3 Å². The van der Waals surface area contributed by atoms with Crippen molar-refractivity contribution in [2.45, 2.75) is 12.0 Å². The molecule has 1 aliphatic heterocycles. The fourth-order valence-electron chi connectivity index (χ4n) is 3.64. The first kappa shape index (κ1) is 17.2. The number of rotatable bonds is 3. The van der Waals surface area contributed by atoms with E-state index in [0.29, 0.717) is 24.0 Å². The van der Waals surface area contributed by atoms with Crippen molar-refractivity contribution in [1.82, 2.24) is 14.9 Å². The van der Waals surface area contributed by atoms with Crippen LogP contribution in [0.5, 0.6) is 5.75 Å². The van der Waals surface area contributed by atoms with Crippen LogP contribution in [0.25, 0.3) is 10.9 Å². The van der Waals surface area contributed by atoms with Crippen molar-refractivity contribution in [3.8, 4) is 5.75 Å². The molecule has 2 heterocycles. The molecule has 0 spiro atoms. The van der Waals surface area contributed by atoms with Gasteiger partial charge >= 0.3 is 5.69 Å². The number of nitrogens with two attached hydrogens (primary N) is 1. The Morgan fingerprint density at radius 3 is 2.85 bits per heavy atom. The van der Waals surface area contributed by atoms with Gasteiger partial charge in [0.25, 0.3) is 5.91 Å². The minimum Gasteiger partial charge on any atom is -0.497 e. The molecule has 3 N–H and O–H groups in total. The van der Waals surface area contributed by atoms with E-state index in [9.17, 15) is 9.59 Å². The summed E-state index contributed by atoms with van der Waals surface area (Å²) >= 11 is 0. The molecule has 138 valence electrons. The largest absolute Gasteiger partial charge is 0.497 e. The fraction of sp³-hybridized carbons (Fsp3) is 0.250. The summed E-state index contributed by atoms with van der Waals surface area (Å²) in [5.41, 5.74) is 7.57. The number of carbonyl (C=O) groups is 1. The molecule has 0 saturated carbocycles. The number of aromatic amines is 1. The number of nitrogens with one attached hydrogen (secondary N) is 1. The van der Waals surface area contributed by atoms with Gasteiger partial charge < -0.3 is 20.4 Å². The third kappa shape index (κ3) is 3.17. The topological polar surface area (TPSA) is 101 Å². The van der Waals surface area contributed by atoms with Gasteiger partial charge in [-0.25, -0.2) is 4.79 Å². The van der Waals surface area contributed by atoms with Gasteiger partial charge in [-0.3, -0.25) is 4.79 Å². The average Bonchev–Trinajstić information content (AvgIpc) is 3.08. The number of aromatic nitrogens is 2. The number of para-hydroxylation sites is 1. The van der Waals surface area contributed by atoms with Crippen LogP contribution in [-0.4, -0.2) is 47.0 Å². The van der Waals surface area contributed by atoms with Gasteiger partial charge in [0.1, 0.15) is 11.4 Å². The Kier molecular flexibility index (Phi) is 4.37. The highest BCUT2D eigenvalue weighted by molar-refractivity contribution is 6.04. The lowest BCUT2D eigenvalue weighted by atomic mass is 9.95. The van der Waals surface area contributed by atoms with Crippen molar-refractivity contribution in [1.29, 1.82) is 0 Å². The van der Waals surface area contributed by atoms with Crippen LogP contribution < -0.4 is 16.2 Å². The highest BCUT2D eigenvalue weighted by atomic mass is 16.5. The monoisotopic (exact) mass is 364 g/mol. The van der Waals surface area contributed by atoms with Gasteiger partial charge in [-0.15, -0.1) is 0 Å². The highest BCUT2D eigenvalue weighted by Gasteiger charge is 2.35. The van der Waals surface area contributed by atoms with Crippen molar-refractivity contribution in [3.05, 3.63) is 70.3 Å². The summed E-state index contributed by atoms with van der Waals surface area (Å²) in [4.78, 5) is 33.2. The van der Waals surface area contributed by atoms with Gasteiger partial charge in [0.05, 0.1) is 12.6 Å². The molecule has 7 heteroatoms. The molecule has 3 aromatic rings. The molecule has 0 aliphatic carbocycles. The minimum atomic E-state index is -0.537. The van der Waals surface area contributed by atoms with Crippen molar-refractivity contribution < 1.29 is 9.53 Å². The fourth-order valence-corrected chi connectivity index (χ4v) is 3.64. The molecule has 1 amide bonds. The first-order valence-corrected chi connectivity index (χ1v) is 8.74. The SMILES string of the molecule is COc1cccc([C@H]2CN(C(=O)c3nc(=O)[nH]c4ccccc34)C[C@@H]2N)c1. The van der Waals surface area contributed by atoms with Crippen LogP contribution in [0.1, 0.15) is 22.0 Å². The second kappa shape index (κ2) is 6.85. The summed E-state index contributed by atoms with van der Waals surface area (Å²) in [5.74, 6) is 0.474. The maximum atomic E-state index is 13.1. The summed E-state index contributed by atoms with van der Waals surface area (Å²) in [6, 6.07) is 14.7. The van der Waals surface area contributed by atoms with E-state index in [1.165, 1.54) is 0 Å². The van der Waals surface area contributed by atoms with Crippen LogP contribution in [0.15, 0.2) is 53.3 Å². The van der Waals surface area contributed by atoms with Gasteiger partial charge in [-0.05, 0) is 23.8 Å². The predicted molar refractivity (Wildman–Crippen MR) is 102 cm³/mol. The van der Waals surface area contributed by atoms with E-state index < -0.39 is 5.69 Å². The zero-order valence-electron chi connectivity index (χ0n) is 14.9. The van der Waals surface area contributed by atoms with E-state index in [2.05, 4.69) is 9.97 Å². The molecule has 0 unspecified atom stereocenters. The molecule has 2 atom stereocenters. The molecule has 1 aliphatic rings. The number of hydrogen-bond donors (Lipinski definition) is 2. The molecule has 27 heavy (non-hydrogen) atoms. The Hall–Kier alpha value is -3.19. The van der Waals surface area contributed by atoms with Crippen LogP contribution in [0.3, 0.4) is 0 Å². The van der Waals surface area contributed by atoms with Gasteiger partial charge in [0, 0.05) is 30.4 Å². The van der Waals surface area contributed by atoms with Gasteiger partial charge in [-0.1, -0.05) is 30.3 Å². The van der Waals surface area contributed by atoms with E-state index in [1.54, 1.807) is 30.2 Å². The lowest BCUT2D eigenvalue weighted by Crippen LogP contribution is -2.33. The Balaban J connectivity index is 1.65. The number of benzene rings is 2. The standard InChI is InChI=1S/C20H20N4O3/c1-27-13-6-4-5-12(9-13)15-10-24(11-16(15)21)19(25)18-14-7-2-3-8-17(14)22-20(26)23-18/h2-9,15-16H,10-11,21H2,1H3,(H,22,23,26)/t15-,16+/m1/s1. The van der Waals surface area contributed by atoms with Crippen LogP contribution in [0.2, 0.25) is 0 Å². The Morgan fingerprint density at radius 2 is 2.04 bits per heavy atom. The summed E-state index contributed by atoms with van der Waals surface area (Å²) < 4.78 is 5.29. The Bertz CT molecular complexity index is 1060. The molecule has 1 fully saturated rings. The van der Waals surface area contributed by atoms with Gasteiger partial charge in [-0.2, -0.15) is 4.98 Å². The molecule has 7 nitrogen and oxygen atoms in total. The molecule has 0 radical (unpaired) electrons. The first-order chi connectivity index (χ1) is 13.1. The number of hydrogen-bond acceptors (Lipinski definition) is 5. The number of amides is 1. The lowest BCUT2D eigenvalue weighted by Gasteiger charge is -2.17. The van der Waals surface area contributed by atoms with Crippen LogP contribution in [0.4, 0.5) is 0 Å². The van der Waals surface area contributed by atoms with E-state index in [-0.39, 0.29) is 23.6 Å². The molecule has 0 bridgehead atoms. The third-order valence-corrected chi connectivity index (χ3v) is 5.01. The maximum Gasteiger partial charge on any atom is 0.346 e. The Labute approximate surface area is 155 Å². The molecule has 1 saturated heterocycles. The van der Waals surface area contributed by atoms with Gasteiger partial charge in [0.15, 0.2) is 0 Å². The molecule has 1 aromatic heterocycles. The van der Waals surface area contributed by atoms with E-state index >= 15 is 0 Å². The summed E-state index contributed by atoms with van der Waals surface area (Å²) in [7, 11) is 1.62. The zero-order valence-corrected chi connectivity index (χ0v) is 14.9. The number of nitrogens with zero attached hydrogens (tertiary/aromatic N) is 2. The smallest absolute Gasteiger partial charge is 0.346 e. The summed E-state index contributed by atoms with van der Waals surface area (Å²) in [6.07, 6.45) is 0. The Morgan fingerprint density at radius 1 is 1.22 bits per heavy atom. The van der Waals surface area contributed by atoms with Crippen molar-refractivity contribution >= 4 is 16.8 Å². The molecule has 4 rings (SSSR count). The number of fused-ring (bicyclic) bond motifs is 1. The van der Waals surface area contributed by atoms with Gasteiger partial charge in [0.2, 0.25) is 0 Å². The second-order valence-electron chi connectivity index (χ2n) is 6.69. The first-order valence-electron chi connectivity index (χ1n) is 8.74. The van der Waals surface area contributed by atoms with Crippen molar-refractivity contribution in [2.75, 3.05) is 20.2 Å². The van der Waals surface area contributed by atoms with Crippen molar-refractivity contribution in [2.24, 2.45) is 5.73 Å². The molecule has 2 aromatic carbocycles. The van der Waals surface area contributed by atoms with Crippen molar-refractivity contribution in [3.63, 3.8) is 0 Å². The molecular formula is C20H20N4O3. The number of carbonyl (C=O) groups excluding carboxylic acids is 1. The lowest BCUT2D eigenvalue weighted by molar-refractivity contribution is 0.0785. The summed E-state index contributed by atoms with van der Waals surface area (Å²) in [5, 5.41) is 0.625. The number of H-pyrrole nitrogens is 1. The van der Waals surface area contributed by atoms with Crippen LogP contribution >= 0.6 is 0 Å². The molecular weight excluding hydrogens is 344 g/mol. The normalized spacial score (nSPS) is 19.4. The minimum absolute atomic E-state index is 0.00249. The zero-order chi connectivity index (χ0) is 19.0.